The van der Waals surface area contributed by atoms with Crippen LogP contribution in [0.3, 0.4) is 0 Å². The monoisotopic (exact) mass is 645 g/mol. The molecule has 0 saturated heterocycles. The maximum absolute atomic E-state index is 13.8. The number of carbonyl (C=O) groups excluding carboxylic acids is 1. The molecule has 0 aromatic heterocycles. The number of nitrogens with zero attached hydrogens (tertiary/aromatic N) is 1. The first-order chi connectivity index (χ1) is 22.9. The second-order valence-electron chi connectivity index (χ2n) is 11.6. The highest BCUT2D eigenvalue weighted by Crippen LogP contribution is 2.44. The average Bonchev–Trinajstić information content (AvgIpc) is 3.10. The van der Waals surface area contributed by atoms with Crippen molar-refractivity contribution in [1.29, 1.82) is 0 Å². The number of hydrogen-bond donors (Lipinski definition) is 2. The second kappa shape index (κ2) is 15.6. The van der Waals surface area contributed by atoms with E-state index < -0.39 is 17.9 Å². The molecule has 2 atom stereocenters. The Hall–Kier alpha value is -4.85. The molecule has 0 heterocycles. The summed E-state index contributed by atoms with van der Waals surface area (Å²) >= 11 is 1.55. The van der Waals surface area contributed by atoms with Crippen LogP contribution in [-0.4, -0.2) is 42.1 Å². The molecule has 0 aliphatic rings. The molecule has 0 aliphatic heterocycles. The fourth-order valence-electron chi connectivity index (χ4n) is 6.17. The van der Waals surface area contributed by atoms with E-state index in [1.54, 1.807) is 18.9 Å². The Morgan fingerprint density at radius 1 is 0.787 bits per heavy atom. The number of carbonyl (C=O) groups is 2. The van der Waals surface area contributed by atoms with Gasteiger partial charge in [-0.1, -0.05) is 91.0 Å². The van der Waals surface area contributed by atoms with Crippen LogP contribution in [0.4, 0.5) is 11.4 Å². The van der Waals surface area contributed by atoms with Crippen molar-refractivity contribution in [3.8, 4) is 16.9 Å². The molecule has 6 nitrogen and oxygen atoms in total. The van der Waals surface area contributed by atoms with Gasteiger partial charge >= 0.3 is 5.97 Å². The summed E-state index contributed by atoms with van der Waals surface area (Å²) < 4.78 is 6.41. The Labute approximate surface area is 281 Å². The average molecular weight is 646 g/mol. The lowest BCUT2D eigenvalue weighted by Gasteiger charge is -2.39. The number of quaternary nitrogens is 1. The summed E-state index contributed by atoms with van der Waals surface area (Å²) in [5.74, 6) is -0.0253. The maximum atomic E-state index is 13.8. The topological polar surface area (TPSA) is 75.6 Å². The SMILES string of the molecule is COc1ccccc1[N+](Cc1ccccc1)(Cc1ccc(C(=O)N[C@@H](CCSC)C(=O)O)c(-c2ccccc2C)c1)c1ccccc1. The number of aryl methyl sites for hydroxylation is 1. The molecule has 0 fully saturated rings. The number of methoxy groups -OCH3 is 1. The lowest BCUT2D eigenvalue weighted by molar-refractivity contribution is -0.139. The fourth-order valence-corrected chi connectivity index (χ4v) is 6.64. The highest BCUT2D eigenvalue weighted by Gasteiger charge is 2.37. The highest BCUT2D eigenvalue weighted by molar-refractivity contribution is 7.98. The third-order valence-corrected chi connectivity index (χ3v) is 9.17. The lowest BCUT2D eigenvalue weighted by atomic mass is 9.93. The molecule has 0 radical (unpaired) electrons. The molecule has 7 heteroatoms. The normalized spacial score (nSPS) is 12.9. The van der Waals surface area contributed by atoms with E-state index in [1.807, 2.05) is 79.9 Å². The van der Waals surface area contributed by atoms with Gasteiger partial charge in [-0.25, -0.2) is 9.28 Å². The first-order valence-corrected chi connectivity index (χ1v) is 17.1. The van der Waals surface area contributed by atoms with Crippen LogP contribution in [0.25, 0.3) is 11.1 Å². The van der Waals surface area contributed by atoms with Crippen molar-refractivity contribution < 1.29 is 19.4 Å². The summed E-state index contributed by atoms with van der Waals surface area (Å²) in [5.41, 5.74) is 7.45. The molecule has 5 aromatic carbocycles. The Balaban J connectivity index is 1.68. The van der Waals surface area contributed by atoms with Crippen molar-refractivity contribution in [2.24, 2.45) is 0 Å². The summed E-state index contributed by atoms with van der Waals surface area (Å²) in [4.78, 5) is 25.8. The number of carboxylic acids is 1. The molecule has 5 rings (SSSR count). The molecule has 0 saturated carbocycles. The van der Waals surface area contributed by atoms with Crippen LogP contribution in [0.15, 0.2) is 127 Å². The van der Waals surface area contributed by atoms with Crippen molar-refractivity contribution in [3.63, 3.8) is 0 Å². The van der Waals surface area contributed by atoms with Gasteiger partial charge in [0, 0.05) is 22.8 Å². The van der Waals surface area contributed by atoms with Gasteiger partial charge in [0.2, 0.25) is 0 Å². The van der Waals surface area contributed by atoms with Crippen LogP contribution >= 0.6 is 11.8 Å². The standard InChI is InChI=1S/C40H40N2O4S/c1-29-14-10-11-19-33(29)35-26-31(22-23-34(35)39(43)41-36(40(44)45)24-25-47-3)28-42(32-17-8-5-9-18-32,27-30-15-6-4-7-16-30)37-20-12-13-21-38(37)46-2/h4-23,26,36H,24-25,27-28H2,1-3H3,(H-,41,43,44,45)/p+1/t36-,42?/m0/s1. The Kier molecular flexibility index (Phi) is 11.1. The van der Waals surface area contributed by atoms with Crippen LogP contribution in [-0.2, 0) is 17.9 Å². The number of benzene rings is 5. The zero-order valence-electron chi connectivity index (χ0n) is 27.1. The zero-order valence-corrected chi connectivity index (χ0v) is 27.9. The predicted octanol–water partition coefficient (Wildman–Crippen LogP) is 8.65. The predicted molar refractivity (Wildman–Crippen MR) is 193 cm³/mol. The van der Waals surface area contributed by atoms with Crippen LogP contribution in [0.5, 0.6) is 5.75 Å². The molecule has 0 spiro atoms. The minimum Gasteiger partial charge on any atom is -0.491 e. The fraction of sp³-hybridized carbons (Fsp3) is 0.200. The van der Waals surface area contributed by atoms with Crippen LogP contribution in [0.2, 0.25) is 0 Å². The summed E-state index contributed by atoms with van der Waals surface area (Å²) in [7, 11) is 1.70. The highest BCUT2D eigenvalue weighted by atomic mass is 32.2. The van der Waals surface area contributed by atoms with Crippen LogP contribution < -0.4 is 14.5 Å². The first kappa shape index (κ1) is 33.5. The van der Waals surface area contributed by atoms with E-state index in [1.165, 1.54) is 5.56 Å². The molecule has 240 valence electrons. The van der Waals surface area contributed by atoms with Crippen LogP contribution in [0.1, 0.15) is 33.5 Å². The third-order valence-electron chi connectivity index (χ3n) is 8.52. The third kappa shape index (κ3) is 7.76. The number of nitrogens with one attached hydrogen (secondary N) is 1. The summed E-state index contributed by atoms with van der Waals surface area (Å²) in [6.45, 7) is 3.24. The van der Waals surface area contributed by atoms with E-state index in [2.05, 4.69) is 66.0 Å². The molecular weight excluding hydrogens is 605 g/mol. The van der Waals surface area contributed by atoms with Gasteiger partial charge in [0.15, 0.2) is 11.4 Å². The number of hydrogen-bond acceptors (Lipinski definition) is 4. The van der Waals surface area contributed by atoms with Gasteiger partial charge < -0.3 is 15.2 Å². The molecule has 1 unspecified atom stereocenters. The summed E-state index contributed by atoms with van der Waals surface area (Å²) in [5, 5.41) is 12.6. The largest absolute Gasteiger partial charge is 0.491 e. The molecule has 1 amide bonds. The van der Waals surface area contributed by atoms with E-state index in [0.717, 1.165) is 39.4 Å². The Morgan fingerprint density at radius 3 is 2.11 bits per heavy atom. The van der Waals surface area contributed by atoms with Gasteiger partial charge in [-0.05, 0) is 72.4 Å². The quantitative estimate of drug-likeness (QED) is 0.118. The van der Waals surface area contributed by atoms with E-state index >= 15 is 0 Å². The maximum Gasteiger partial charge on any atom is 0.326 e. The van der Waals surface area contributed by atoms with Gasteiger partial charge in [-0.2, -0.15) is 11.8 Å². The molecule has 0 bridgehead atoms. The summed E-state index contributed by atoms with van der Waals surface area (Å²) in [6, 6.07) is 42.0. The number of carboxylic acid groups (broad SMARTS) is 1. The minimum atomic E-state index is -1.04. The van der Waals surface area contributed by atoms with Crippen molar-refractivity contribution in [2.75, 3.05) is 19.1 Å². The van der Waals surface area contributed by atoms with E-state index in [0.29, 0.717) is 35.3 Å². The second-order valence-corrected chi connectivity index (χ2v) is 12.6. The van der Waals surface area contributed by atoms with Crippen molar-refractivity contribution >= 4 is 35.0 Å². The smallest absolute Gasteiger partial charge is 0.326 e. The molecule has 2 N–H and O–H groups in total. The van der Waals surface area contributed by atoms with Gasteiger partial charge in [-0.15, -0.1) is 0 Å². The van der Waals surface area contributed by atoms with Crippen LogP contribution in [0, 0.1) is 6.92 Å². The van der Waals surface area contributed by atoms with Gasteiger partial charge in [0.25, 0.3) is 5.91 Å². The van der Waals surface area contributed by atoms with Crippen molar-refractivity contribution in [3.05, 3.63) is 150 Å². The van der Waals surface area contributed by atoms with E-state index in [9.17, 15) is 14.7 Å². The number of rotatable bonds is 14. The number of ether oxygens (including phenoxy) is 1. The molecule has 5 aromatic rings. The summed E-state index contributed by atoms with van der Waals surface area (Å²) in [6.07, 6.45) is 2.27. The zero-order chi connectivity index (χ0) is 33.2. The molecule has 47 heavy (non-hydrogen) atoms. The number of thioether (sulfide) groups is 1. The Morgan fingerprint density at radius 2 is 1.43 bits per heavy atom. The van der Waals surface area contributed by atoms with Gasteiger partial charge in [-0.3, -0.25) is 4.79 Å². The molecular formula is C40H41N2O4S+. The number of para-hydroxylation sites is 3. The van der Waals surface area contributed by atoms with Crippen molar-refractivity contribution in [2.45, 2.75) is 32.5 Å². The molecule has 0 aliphatic carbocycles. The Bertz CT molecular complexity index is 1810. The van der Waals surface area contributed by atoms with E-state index in [-0.39, 0.29) is 0 Å². The van der Waals surface area contributed by atoms with E-state index in [4.69, 9.17) is 4.74 Å². The first-order valence-electron chi connectivity index (χ1n) is 15.7. The number of aliphatic carboxylic acids is 1. The van der Waals surface area contributed by atoms with Gasteiger partial charge in [0.1, 0.15) is 24.8 Å². The van der Waals surface area contributed by atoms with Crippen molar-refractivity contribution in [1.82, 2.24) is 9.80 Å². The lowest BCUT2D eigenvalue weighted by Crippen LogP contribution is -2.43. The number of amides is 1. The van der Waals surface area contributed by atoms with Gasteiger partial charge in [0.05, 0.1) is 7.11 Å². The minimum absolute atomic E-state index is 0.343.